The summed E-state index contributed by atoms with van der Waals surface area (Å²) in [6.07, 6.45) is 2.39. The number of amides is 1. The smallest absolute Gasteiger partial charge is 0.261 e. The van der Waals surface area contributed by atoms with Crippen LogP contribution in [0.3, 0.4) is 0 Å². The quantitative estimate of drug-likeness (QED) is 0.113. The Labute approximate surface area is 245 Å². The number of carbonyl (C=O) groups is 1. The predicted octanol–water partition coefficient (Wildman–Crippen LogP) is 8.29. The van der Waals surface area contributed by atoms with Crippen LogP contribution in [0, 0.1) is 5.41 Å². The molecule has 4 aromatic carbocycles. The second-order valence-electron chi connectivity index (χ2n) is 10.6. The van der Waals surface area contributed by atoms with E-state index in [1.54, 1.807) is 11.9 Å². The molecule has 5 rings (SSSR count). The van der Waals surface area contributed by atoms with Crippen LogP contribution in [0.15, 0.2) is 106 Å². The molecule has 0 spiro atoms. The van der Waals surface area contributed by atoms with Crippen LogP contribution in [0.25, 0.3) is 10.8 Å². The molecule has 1 aliphatic rings. The van der Waals surface area contributed by atoms with E-state index in [0.717, 1.165) is 35.7 Å². The van der Waals surface area contributed by atoms with Crippen molar-refractivity contribution in [2.75, 3.05) is 30.3 Å². The number of thioether (sulfide) groups is 1. The maximum absolute atomic E-state index is 12.8. The highest BCUT2D eigenvalue weighted by Crippen LogP contribution is 2.32. The van der Waals surface area contributed by atoms with Crippen LogP contribution in [0.5, 0.6) is 0 Å². The third kappa shape index (κ3) is 7.98. The standard InChI is InChI=1S/C32H35N3OS3/c1-32(2)16-19-35(20-17-32)27-12-8-25(9-13-27)31(36)34-39-30-15-11-24-10-14-29(22-26(24)23-30)38-33-18-21-37-28-6-4-3-5-7-28/h3-15,22-23,33H,16-21H2,1-2H3,(H,34,36). The summed E-state index contributed by atoms with van der Waals surface area (Å²) in [5, 5.41) is 2.35. The Hall–Kier alpha value is -2.58. The first kappa shape index (κ1) is 28.0. The van der Waals surface area contributed by atoms with Gasteiger partial charge in [-0.05, 0) is 114 Å². The number of anilines is 1. The van der Waals surface area contributed by atoms with Crippen LogP contribution in [0.1, 0.15) is 37.0 Å². The van der Waals surface area contributed by atoms with Gasteiger partial charge in [-0.15, -0.1) is 11.8 Å². The largest absolute Gasteiger partial charge is 0.371 e. The van der Waals surface area contributed by atoms with E-state index in [-0.39, 0.29) is 5.91 Å². The lowest BCUT2D eigenvalue weighted by molar-refractivity contribution is 0.0984. The average molecular weight is 574 g/mol. The van der Waals surface area contributed by atoms with Gasteiger partial charge in [0.05, 0.1) is 0 Å². The van der Waals surface area contributed by atoms with Gasteiger partial charge in [-0.25, -0.2) is 0 Å². The molecule has 39 heavy (non-hydrogen) atoms. The summed E-state index contributed by atoms with van der Waals surface area (Å²) in [7, 11) is 0. The van der Waals surface area contributed by atoms with Crippen molar-refractivity contribution in [3.05, 3.63) is 96.6 Å². The minimum atomic E-state index is -0.0756. The summed E-state index contributed by atoms with van der Waals surface area (Å²) in [5.74, 6) is 0.943. The number of nitrogens with zero attached hydrogens (tertiary/aromatic N) is 1. The molecule has 1 aliphatic heterocycles. The molecule has 1 amide bonds. The molecule has 4 aromatic rings. The number of hydrogen-bond acceptors (Lipinski definition) is 6. The lowest BCUT2D eigenvalue weighted by atomic mass is 9.82. The lowest BCUT2D eigenvalue weighted by Crippen LogP contribution is -2.37. The molecule has 2 N–H and O–H groups in total. The van der Waals surface area contributed by atoms with E-state index in [1.807, 2.05) is 30.0 Å². The van der Waals surface area contributed by atoms with Gasteiger partial charge in [0.25, 0.3) is 5.91 Å². The molecule has 1 saturated heterocycles. The molecule has 0 aromatic heterocycles. The first-order valence-corrected chi connectivity index (χ1v) is 16.0. The average Bonchev–Trinajstić information content (AvgIpc) is 2.96. The first-order chi connectivity index (χ1) is 18.9. The molecular weight excluding hydrogens is 539 g/mol. The summed E-state index contributed by atoms with van der Waals surface area (Å²) < 4.78 is 6.48. The molecule has 4 nitrogen and oxygen atoms in total. The van der Waals surface area contributed by atoms with Gasteiger partial charge >= 0.3 is 0 Å². The highest BCUT2D eigenvalue weighted by atomic mass is 32.2. The van der Waals surface area contributed by atoms with Crippen molar-refractivity contribution in [1.29, 1.82) is 0 Å². The maximum Gasteiger partial charge on any atom is 0.261 e. The molecule has 0 bridgehead atoms. The Morgan fingerprint density at radius 1 is 0.795 bits per heavy atom. The molecular formula is C32H35N3OS3. The summed E-state index contributed by atoms with van der Waals surface area (Å²) >= 11 is 4.88. The molecule has 0 aliphatic carbocycles. The van der Waals surface area contributed by atoms with E-state index in [9.17, 15) is 4.79 Å². The fourth-order valence-corrected chi connectivity index (χ4v) is 6.81. The van der Waals surface area contributed by atoms with Gasteiger partial charge in [0.2, 0.25) is 0 Å². The van der Waals surface area contributed by atoms with Crippen molar-refractivity contribution >= 4 is 58.0 Å². The van der Waals surface area contributed by atoms with Crippen molar-refractivity contribution in [1.82, 2.24) is 9.44 Å². The Kier molecular flexibility index (Phi) is 9.45. The predicted molar refractivity (Wildman–Crippen MR) is 170 cm³/mol. The Morgan fingerprint density at radius 3 is 2.15 bits per heavy atom. The highest BCUT2D eigenvalue weighted by Gasteiger charge is 2.25. The zero-order valence-corrected chi connectivity index (χ0v) is 24.9. The Morgan fingerprint density at radius 2 is 1.46 bits per heavy atom. The third-order valence-corrected chi connectivity index (χ3v) is 9.69. The normalized spacial score (nSPS) is 14.9. The first-order valence-electron chi connectivity index (χ1n) is 13.4. The maximum atomic E-state index is 12.8. The van der Waals surface area contributed by atoms with Gasteiger partial charge in [0.15, 0.2) is 0 Å². The monoisotopic (exact) mass is 573 g/mol. The number of rotatable bonds is 10. The fraction of sp³-hybridized carbons (Fsp3) is 0.281. The van der Waals surface area contributed by atoms with Gasteiger partial charge in [-0.1, -0.05) is 44.2 Å². The van der Waals surface area contributed by atoms with E-state index < -0.39 is 0 Å². The van der Waals surface area contributed by atoms with Crippen molar-refractivity contribution in [2.24, 2.45) is 5.41 Å². The van der Waals surface area contributed by atoms with Crippen molar-refractivity contribution in [3.8, 4) is 0 Å². The van der Waals surface area contributed by atoms with Gasteiger partial charge < -0.3 is 4.90 Å². The number of hydrogen-bond donors (Lipinski definition) is 2. The Bertz CT molecular complexity index is 1380. The zero-order chi connectivity index (χ0) is 27.1. The lowest BCUT2D eigenvalue weighted by Gasteiger charge is -2.38. The summed E-state index contributed by atoms with van der Waals surface area (Å²) in [6.45, 7) is 7.74. The summed E-state index contributed by atoms with van der Waals surface area (Å²) in [4.78, 5) is 18.7. The van der Waals surface area contributed by atoms with Gasteiger partial charge in [-0.2, -0.15) is 0 Å². The molecule has 0 radical (unpaired) electrons. The second-order valence-corrected chi connectivity index (χ2v) is 13.6. The van der Waals surface area contributed by atoms with Crippen LogP contribution in [0.4, 0.5) is 5.69 Å². The van der Waals surface area contributed by atoms with Crippen molar-refractivity contribution in [2.45, 2.75) is 41.4 Å². The SMILES string of the molecule is CC1(C)CCN(c2ccc(C(=O)NSc3ccc4ccc(SNCCSc5ccccc5)cc4c3)cc2)CC1. The fourth-order valence-electron chi connectivity index (χ4n) is 4.55. The van der Waals surface area contributed by atoms with E-state index in [1.165, 1.54) is 45.7 Å². The minimum Gasteiger partial charge on any atom is -0.371 e. The highest BCUT2D eigenvalue weighted by molar-refractivity contribution is 7.99. The van der Waals surface area contributed by atoms with E-state index in [2.05, 4.69) is 101 Å². The van der Waals surface area contributed by atoms with Gasteiger partial charge in [-0.3, -0.25) is 14.2 Å². The molecule has 7 heteroatoms. The molecule has 1 fully saturated rings. The van der Waals surface area contributed by atoms with Crippen molar-refractivity contribution in [3.63, 3.8) is 0 Å². The zero-order valence-electron chi connectivity index (χ0n) is 22.5. The number of carbonyl (C=O) groups excluding carboxylic acids is 1. The van der Waals surface area contributed by atoms with Crippen LogP contribution in [0.2, 0.25) is 0 Å². The summed E-state index contributed by atoms with van der Waals surface area (Å²) in [5.41, 5.74) is 2.30. The van der Waals surface area contributed by atoms with E-state index in [4.69, 9.17) is 0 Å². The van der Waals surface area contributed by atoms with Crippen LogP contribution >= 0.6 is 35.7 Å². The second kappa shape index (κ2) is 13.2. The van der Waals surface area contributed by atoms with Crippen LogP contribution in [-0.4, -0.2) is 31.3 Å². The van der Waals surface area contributed by atoms with Gasteiger partial charge in [0.1, 0.15) is 0 Å². The molecule has 1 heterocycles. The summed E-state index contributed by atoms with van der Waals surface area (Å²) in [6, 6.07) is 31.3. The van der Waals surface area contributed by atoms with Crippen LogP contribution < -0.4 is 14.3 Å². The Balaban J connectivity index is 1.11. The molecule has 0 saturated carbocycles. The van der Waals surface area contributed by atoms with Crippen molar-refractivity contribution < 1.29 is 4.79 Å². The molecule has 202 valence electrons. The molecule has 0 atom stereocenters. The van der Waals surface area contributed by atoms with E-state index >= 15 is 0 Å². The molecule has 0 unspecified atom stereocenters. The number of piperidine rings is 1. The van der Waals surface area contributed by atoms with Crippen LogP contribution in [-0.2, 0) is 0 Å². The topological polar surface area (TPSA) is 44.4 Å². The third-order valence-electron chi connectivity index (χ3n) is 7.06. The number of fused-ring (bicyclic) bond motifs is 1. The number of nitrogens with one attached hydrogen (secondary N) is 2. The van der Waals surface area contributed by atoms with E-state index in [0.29, 0.717) is 11.0 Å². The van der Waals surface area contributed by atoms with Gasteiger partial charge in [0, 0.05) is 51.3 Å². The number of benzene rings is 4. The minimum absolute atomic E-state index is 0.0756.